The summed E-state index contributed by atoms with van der Waals surface area (Å²) in [5.41, 5.74) is 4.81. The average molecular weight is 326 g/mol. The lowest BCUT2D eigenvalue weighted by atomic mass is 9.94. The normalized spacial score (nSPS) is 16.2. The molecule has 1 atom stereocenters. The molecule has 0 saturated heterocycles. The van der Waals surface area contributed by atoms with Crippen molar-refractivity contribution in [2.75, 3.05) is 6.54 Å². The zero-order chi connectivity index (χ0) is 17.1. The summed E-state index contributed by atoms with van der Waals surface area (Å²) in [7, 11) is 0. The van der Waals surface area contributed by atoms with Gasteiger partial charge in [0, 0.05) is 28.9 Å². The van der Waals surface area contributed by atoms with Crippen LogP contribution in [0.15, 0.2) is 48.5 Å². The first-order valence-electron chi connectivity index (χ1n) is 7.92. The summed E-state index contributed by atoms with van der Waals surface area (Å²) in [6.45, 7) is 2.01. The van der Waals surface area contributed by atoms with Crippen molar-refractivity contribution in [3.05, 3.63) is 71.2 Å². The summed E-state index contributed by atoms with van der Waals surface area (Å²) >= 11 is 0. The fourth-order valence-corrected chi connectivity index (χ4v) is 3.27. The highest BCUT2D eigenvalue weighted by atomic mass is 19.1. The van der Waals surface area contributed by atoms with Crippen molar-refractivity contribution in [1.82, 2.24) is 4.98 Å². The maximum Gasteiger partial charge on any atom is 0.153 e. The Morgan fingerprint density at radius 1 is 1.25 bits per heavy atom. The standard InChI is InChI=1S/C17H15FN2.C2H4O2/c18-12-5-3-4-11(10-12)16-17-14(8-9-19-16)13-6-1-2-7-15(13)20-17;1-2(3)4/h1-7,10,16,19-20H,8-9H2;1H3,(H,3,4). The molecule has 3 N–H and O–H groups in total. The first-order chi connectivity index (χ1) is 11.6. The molecule has 4 rings (SSSR count). The third-order valence-corrected chi connectivity index (χ3v) is 4.16. The van der Waals surface area contributed by atoms with Crippen LogP contribution in [0.3, 0.4) is 0 Å². The minimum atomic E-state index is -1.08. The van der Waals surface area contributed by atoms with E-state index in [1.807, 2.05) is 12.1 Å². The summed E-state index contributed by atoms with van der Waals surface area (Å²) in [5.74, 6) is -1.25. The molecule has 24 heavy (non-hydrogen) atoms. The molecule has 0 saturated carbocycles. The minimum Gasteiger partial charge on any atom is -0.550 e. The minimum absolute atomic E-state index is 0.167. The Hall–Kier alpha value is -2.66. The number of carboxylic acids is 1. The third kappa shape index (κ3) is 3.31. The Kier molecular flexibility index (Phi) is 4.62. The largest absolute Gasteiger partial charge is 0.550 e. The molecule has 124 valence electrons. The van der Waals surface area contributed by atoms with Crippen LogP contribution in [0.4, 0.5) is 4.39 Å². The number of hydrogen-bond acceptors (Lipinski definition) is 2. The number of quaternary nitrogens is 1. The summed E-state index contributed by atoms with van der Waals surface area (Å²) in [6, 6.07) is 15.5. The molecule has 0 aliphatic carbocycles. The van der Waals surface area contributed by atoms with E-state index in [-0.39, 0.29) is 11.9 Å². The number of fused-ring (bicyclic) bond motifs is 3. The van der Waals surface area contributed by atoms with Crippen LogP contribution in [0, 0.1) is 5.82 Å². The molecule has 0 bridgehead atoms. The van der Waals surface area contributed by atoms with Gasteiger partial charge in [-0.2, -0.15) is 0 Å². The predicted molar refractivity (Wildman–Crippen MR) is 87.7 cm³/mol. The maximum absolute atomic E-state index is 13.5. The van der Waals surface area contributed by atoms with Crippen molar-refractivity contribution >= 4 is 16.9 Å². The molecule has 4 nitrogen and oxygen atoms in total. The fraction of sp³-hybridized carbons (Fsp3) is 0.211. The zero-order valence-electron chi connectivity index (χ0n) is 13.4. The number of rotatable bonds is 1. The van der Waals surface area contributed by atoms with Crippen LogP contribution in [0.25, 0.3) is 10.9 Å². The summed E-state index contributed by atoms with van der Waals surface area (Å²) < 4.78 is 13.5. The smallest absolute Gasteiger partial charge is 0.153 e. The summed E-state index contributed by atoms with van der Waals surface area (Å²) in [6.07, 6.45) is 1.06. The number of H-pyrrole nitrogens is 1. The lowest BCUT2D eigenvalue weighted by molar-refractivity contribution is -0.690. The van der Waals surface area contributed by atoms with Gasteiger partial charge in [-0.1, -0.05) is 30.3 Å². The second kappa shape index (κ2) is 6.84. The summed E-state index contributed by atoms with van der Waals surface area (Å²) in [5, 5.41) is 12.5. The lowest BCUT2D eigenvalue weighted by Gasteiger charge is -2.21. The van der Waals surface area contributed by atoms with Gasteiger partial charge in [0.15, 0.2) is 6.04 Å². The van der Waals surface area contributed by atoms with Crippen LogP contribution in [0.1, 0.15) is 29.8 Å². The van der Waals surface area contributed by atoms with Gasteiger partial charge < -0.3 is 20.2 Å². The van der Waals surface area contributed by atoms with Gasteiger partial charge in [-0.05, 0) is 30.7 Å². The molecule has 5 heteroatoms. The van der Waals surface area contributed by atoms with Gasteiger partial charge in [-0.15, -0.1) is 0 Å². The first-order valence-corrected chi connectivity index (χ1v) is 7.92. The number of carbonyl (C=O) groups is 1. The van der Waals surface area contributed by atoms with Crippen molar-refractivity contribution < 1.29 is 19.6 Å². The quantitative estimate of drug-likeness (QED) is 0.707. The molecule has 1 aliphatic heterocycles. The number of carbonyl (C=O) groups excluding carboxylic acids is 1. The van der Waals surface area contributed by atoms with E-state index in [1.165, 1.54) is 28.2 Å². The van der Waals surface area contributed by atoms with Crippen LogP contribution in [0.5, 0.6) is 0 Å². The predicted octanol–water partition coefficient (Wildman–Crippen LogP) is 1.27. The molecule has 0 radical (unpaired) electrons. The number of nitrogens with two attached hydrogens (primary N) is 1. The zero-order valence-corrected chi connectivity index (χ0v) is 13.4. The van der Waals surface area contributed by atoms with Gasteiger partial charge in [-0.3, -0.25) is 0 Å². The number of halogens is 1. The van der Waals surface area contributed by atoms with Gasteiger partial charge in [-0.25, -0.2) is 4.39 Å². The van der Waals surface area contributed by atoms with E-state index in [0.29, 0.717) is 0 Å². The second-order valence-electron chi connectivity index (χ2n) is 5.86. The van der Waals surface area contributed by atoms with Crippen LogP contribution in [0.2, 0.25) is 0 Å². The Bertz CT molecular complexity index is 869. The van der Waals surface area contributed by atoms with Crippen molar-refractivity contribution in [2.45, 2.75) is 19.4 Å². The van der Waals surface area contributed by atoms with Gasteiger partial charge in [0.2, 0.25) is 0 Å². The number of aromatic amines is 1. The van der Waals surface area contributed by atoms with Crippen molar-refractivity contribution in [3.63, 3.8) is 0 Å². The highest BCUT2D eigenvalue weighted by Gasteiger charge is 2.28. The van der Waals surface area contributed by atoms with Crippen molar-refractivity contribution in [3.8, 4) is 0 Å². The third-order valence-electron chi connectivity index (χ3n) is 4.16. The van der Waals surface area contributed by atoms with Gasteiger partial charge in [0.25, 0.3) is 0 Å². The fourth-order valence-electron chi connectivity index (χ4n) is 3.27. The van der Waals surface area contributed by atoms with Crippen LogP contribution >= 0.6 is 0 Å². The number of aromatic nitrogens is 1. The molecule has 1 aromatic heterocycles. The molecule has 1 aliphatic rings. The molecule has 0 fully saturated rings. The van der Waals surface area contributed by atoms with E-state index in [9.17, 15) is 4.39 Å². The Morgan fingerprint density at radius 2 is 2.00 bits per heavy atom. The molecule has 2 aromatic carbocycles. The second-order valence-corrected chi connectivity index (χ2v) is 5.86. The molecule has 3 aromatic rings. The van der Waals surface area contributed by atoms with Crippen molar-refractivity contribution in [2.24, 2.45) is 0 Å². The molecule has 1 unspecified atom stereocenters. The number of hydrogen-bond donors (Lipinski definition) is 2. The van der Waals surface area contributed by atoms with Gasteiger partial charge in [0.05, 0.1) is 12.2 Å². The number of benzene rings is 2. The average Bonchev–Trinajstić information content (AvgIpc) is 2.93. The topological polar surface area (TPSA) is 72.5 Å². The molecule has 0 spiro atoms. The SMILES string of the molecule is CC(=O)[O-].Fc1cccc(C2[NH2+]CCc3c2[nH]c2ccccc32)c1. The van der Waals surface area contributed by atoms with E-state index in [2.05, 4.69) is 28.5 Å². The number of para-hydroxylation sites is 1. The van der Waals surface area contributed by atoms with E-state index >= 15 is 0 Å². The number of carboxylic acid groups (broad SMARTS) is 1. The maximum atomic E-state index is 13.5. The van der Waals surface area contributed by atoms with Crippen LogP contribution in [-0.4, -0.2) is 17.5 Å². The number of aliphatic carboxylic acids is 1. The number of nitrogens with one attached hydrogen (secondary N) is 1. The molecular formula is C19H19FN2O2. The lowest BCUT2D eigenvalue weighted by Crippen LogP contribution is -2.87. The highest BCUT2D eigenvalue weighted by molar-refractivity contribution is 5.85. The first kappa shape index (κ1) is 16.2. The van der Waals surface area contributed by atoms with Crippen molar-refractivity contribution in [1.29, 1.82) is 0 Å². The van der Waals surface area contributed by atoms with Crippen LogP contribution < -0.4 is 10.4 Å². The Morgan fingerprint density at radius 3 is 2.75 bits per heavy atom. The highest BCUT2D eigenvalue weighted by Crippen LogP contribution is 2.30. The molecule has 2 heterocycles. The van der Waals surface area contributed by atoms with E-state index in [4.69, 9.17) is 9.90 Å². The van der Waals surface area contributed by atoms with E-state index in [0.717, 1.165) is 25.5 Å². The van der Waals surface area contributed by atoms with Gasteiger partial charge in [0.1, 0.15) is 5.82 Å². The van der Waals surface area contributed by atoms with Crippen LogP contribution in [-0.2, 0) is 11.2 Å². The monoisotopic (exact) mass is 326 g/mol. The van der Waals surface area contributed by atoms with E-state index in [1.54, 1.807) is 12.1 Å². The Balaban J connectivity index is 0.000000383. The van der Waals surface area contributed by atoms with E-state index < -0.39 is 5.97 Å². The summed E-state index contributed by atoms with van der Waals surface area (Å²) in [4.78, 5) is 12.4. The molecule has 0 amide bonds. The van der Waals surface area contributed by atoms with Gasteiger partial charge >= 0.3 is 0 Å². The molecular weight excluding hydrogens is 307 g/mol. The Labute approximate surface area is 139 Å².